The summed E-state index contributed by atoms with van der Waals surface area (Å²) < 4.78 is 10.6. The fourth-order valence-corrected chi connectivity index (χ4v) is 4.80. The minimum atomic E-state index is -0.712. The summed E-state index contributed by atoms with van der Waals surface area (Å²) in [6.07, 6.45) is 0.0173. The molecule has 0 radical (unpaired) electrons. The van der Waals surface area contributed by atoms with E-state index in [1.54, 1.807) is 29.2 Å². The van der Waals surface area contributed by atoms with Gasteiger partial charge in [0.15, 0.2) is 6.61 Å². The van der Waals surface area contributed by atoms with Gasteiger partial charge in [0.25, 0.3) is 5.91 Å². The molecule has 2 amide bonds. The van der Waals surface area contributed by atoms with Crippen LogP contribution < -0.4 is 15.0 Å². The molecular weight excluding hydrogens is 440 g/mol. The number of nitrogens with zero attached hydrogens (tertiary/aromatic N) is 1. The molecule has 33 heavy (non-hydrogen) atoms. The van der Waals surface area contributed by atoms with E-state index in [9.17, 15) is 14.4 Å². The number of hydrogen-bond acceptors (Lipinski definition) is 6. The van der Waals surface area contributed by atoms with E-state index in [0.717, 1.165) is 16.1 Å². The maximum absolute atomic E-state index is 13.0. The molecule has 1 N–H and O–H groups in total. The summed E-state index contributed by atoms with van der Waals surface area (Å²) in [5.74, 6) is -1.42. The molecule has 1 aliphatic heterocycles. The van der Waals surface area contributed by atoms with Crippen LogP contribution in [0.5, 0.6) is 5.75 Å². The highest BCUT2D eigenvalue weighted by Crippen LogP contribution is 2.43. The highest BCUT2D eigenvalue weighted by molar-refractivity contribution is 7.10. The molecule has 1 aliphatic rings. The molecule has 1 fully saturated rings. The fourth-order valence-electron chi connectivity index (χ4n) is 3.92. The molecule has 2 atom stereocenters. The molecule has 7 nitrogen and oxygen atoms in total. The van der Waals surface area contributed by atoms with E-state index in [2.05, 4.69) is 5.32 Å². The Bertz CT molecular complexity index is 1140. The van der Waals surface area contributed by atoms with Gasteiger partial charge in [0.05, 0.1) is 24.8 Å². The fraction of sp³-hybridized carbons (Fsp3) is 0.240. The zero-order chi connectivity index (χ0) is 23.4. The van der Waals surface area contributed by atoms with Crippen LogP contribution in [-0.2, 0) is 19.1 Å². The van der Waals surface area contributed by atoms with Gasteiger partial charge in [0.2, 0.25) is 5.91 Å². The van der Waals surface area contributed by atoms with Crippen molar-refractivity contribution >= 4 is 40.5 Å². The summed E-state index contributed by atoms with van der Waals surface area (Å²) >= 11 is 1.48. The molecule has 2 unspecified atom stereocenters. The summed E-state index contributed by atoms with van der Waals surface area (Å²) in [5, 5.41) is 4.59. The molecule has 2 heterocycles. The Morgan fingerprint density at radius 1 is 1.09 bits per heavy atom. The number of nitrogens with one attached hydrogen (secondary N) is 1. The maximum atomic E-state index is 13.0. The van der Waals surface area contributed by atoms with E-state index in [-0.39, 0.29) is 12.3 Å². The summed E-state index contributed by atoms with van der Waals surface area (Å²) in [6.45, 7) is 1.52. The number of hydrogen-bond donors (Lipinski definition) is 1. The monoisotopic (exact) mass is 464 g/mol. The molecule has 4 rings (SSSR count). The van der Waals surface area contributed by atoms with Crippen molar-refractivity contribution in [2.45, 2.75) is 19.4 Å². The summed E-state index contributed by atoms with van der Waals surface area (Å²) in [7, 11) is 1.51. The lowest BCUT2D eigenvalue weighted by Gasteiger charge is -2.27. The number of amides is 2. The normalized spacial score (nSPS) is 17.6. The zero-order valence-electron chi connectivity index (χ0n) is 18.3. The summed E-state index contributed by atoms with van der Waals surface area (Å²) in [4.78, 5) is 40.9. The molecule has 3 aromatic rings. The highest BCUT2D eigenvalue weighted by Gasteiger charge is 2.46. The molecular formula is C25H24N2O5S. The molecule has 170 valence electrons. The van der Waals surface area contributed by atoms with Crippen molar-refractivity contribution in [1.29, 1.82) is 0 Å². The first-order valence-corrected chi connectivity index (χ1v) is 11.4. The Kier molecular flexibility index (Phi) is 6.74. The number of carbonyl (C=O) groups excluding carboxylic acids is 3. The number of methoxy groups -OCH3 is 1. The van der Waals surface area contributed by atoms with E-state index in [4.69, 9.17) is 9.47 Å². The molecule has 8 heteroatoms. The number of benzene rings is 2. The predicted octanol–water partition coefficient (Wildman–Crippen LogP) is 4.34. The van der Waals surface area contributed by atoms with Crippen molar-refractivity contribution in [2.75, 3.05) is 23.9 Å². The first kappa shape index (κ1) is 22.5. The smallest absolute Gasteiger partial charge is 0.312 e. The van der Waals surface area contributed by atoms with Gasteiger partial charge < -0.3 is 19.7 Å². The van der Waals surface area contributed by atoms with Gasteiger partial charge in [-0.25, -0.2) is 0 Å². The molecule has 0 aliphatic carbocycles. The van der Waals surface area contributed by atoms with Crippen molar-refractivity contribution in [3.63, 3.8) is 0 Å². The molecule has 0 saturated carbocycles. The van der Waals surface area contributed by atoms with Gasteiger partial charge >= 0.3 is 5.97 Å². The van der Waals surface area contributed by atoms with Crippen LogP contribution in [0.4, 0.5) is 11.4 Å². The highest BCUT2D eigenvalue weighted by atomic mass is 32.1. The third-order valence-electron chi connectivity index (χ3n) is 5.50. The Morgan fingerprint density at radius 2 is 1.85 bits per heavy atom. The van der Waals surface area contributed by atoms with Gasteiger partial charge in [-0.2, -0.15) is 0 Å². The van der Waals surface area contributed by atoms with Gasteiger partial charge in [0.1, 0.15) is 5.75 Å². The molecule has 0 bridgehead atoms. The van der Waals surface area contributed by atoms with Crippen molar-refractivity contribution in [3.8, 4) is 5.75 Å². The van der Waals surface area contributed by atoms with Gasteiger partial charge in [-0.3, -0.25) is 14.4 Å². The van der Waals surface area contributed by atoms with Crippen LogP contribution in [0.3, 0.4) is 0 Å². The average Bonchev–Trinajstić information content (AvgIpc) is 3.46. The van der Waals surface area contributed by atoms with Crippen molar-refractivity contribution in [3.05, 3.63) is 76.5 Å². The number of thiophene rings is 1. The number of esters is 1. The first-order chi connectivity index (χ1) is 16.0. The average molecular weight is 465 g/mol. The third kappa shape index (κ3) is 4.90. The van der Waals surface area contributed by atoms with Crippen LogP contribution >= 0.6 is 11.3 Å². The maximum Gasteiger partial charge on any atom is 0.312 e. The van der Waals surface area contributed by atoms with E-state index in [1.807, 2.05) is 48.7 Å². The van der Waals surface area contributed by atoms with Gasteiger partial charge in [-0.1, -0.05) is 35.9 Å². The van der Waals surface area contributed by atoms with Crippen LogP contribution in [0, 0.1) is 12.8 Å². The van der Waals surface area contributed by atoms with E-state index < -0.39 is 30.4 Å². The minimum Gasteiger partial charge on any atom is -0.495 e. The van der Waals surface area contributed by atoms with Crippen LogP contribution in [0.1, 0.15) is 22.9 Å². The second-order valence-corrected chi connectivity index (χ2v) is 8.71. The van der Waals surface area contributed by atoms with E-state index in [1.165, 1.54) is 18.4 Å². The quantitative estimate of drug-likeness (QED) is 0.526. The lowest BCUT2D eigenvalue weighted by Crippen LogP contribution is -2.31. The van der Waals surface area contributed by atoms with Crippen molar-refractivity contribution in [2.24, 2.45) is 5.92 Å². The standard InChI is InChI=1S/C25H24N2O5S/c1-16-9-11-17(12-10-16)27-23(29)14-18(24(27)21-8-5-13-33-21)25(30)32-15-22(28)26-19-6-3-4-7-20(19)31-2/h3-13,18,24H,14-15H2,1-2H3,(H,26,28). The summed E-state index contributed by atoms with van der Waals surface area (Å²) in [5.41, 5.74) is 2.29. The number of carbonyl (C=O) groups is 3. The molecule has 0 spiro atoms. The Hall–Kier alpha value is -3.65. The number of anilines is 2. The van der Waals surface area contributed by atoms with E-state index in [0.29, 0.717) is 11.4 Å². The predicted molar refractivity (Wildman–Crippen MR) is 126 cm³/mol. The molecule has 2 aromatic carbocycles. The van der Waals surface area contributed by atoms with Gasteiger partial charge in [-0.15, -0.1) is 11.3 Å². The number of para-hydroxylation sites is 2. The molecule has 1 saturated heterocycles. The largest absolute Gasteiger partial charge is 0.495 e. The lowest BCUT2D eigenvalue weighted by molar-refractivity contribution is -0.152. The second kappa shape index (κ2) is 9.87. The Balaban J connectivity index is 1.48. The Morgan fingerprint density at radius 3 is 2.55 bits per heavy atom. The van der Waals surface area contributed by atoms with Gasteiger partial charge in [0, 0.05) is 17.0 Å². The zero-order valence-corrected chi connectivity index (χ0v) is 19.1. The van der Waals surface area contributed by atoms with Crippen LogP contribution in [0.25, 0.3) is 0 Å². The van der Waals surface area contributed by atoms with Crippen molar-refractivity contribution < 1.29 is 23.9 Å². The minimum absolute atomic E-state index is 0.0173. The van der Waals surface area contributed by atoms with Crippen molar-refractivity contribution in [1.82, 2.24) is 0 Å². The summed E-state index contributed by atoms with van der Waals surface area (Å²) in [6, 6.07) is 17.9. The number of rotatable bonds is 7. The Labute approximate surface area is 195 Å². The van der Waals surface area contributed by atoms with Crippen LogP contribution in [0.15, 0.2) is 66.0 Å². The lowest BCUT2D eigenvalue weighted by atomic mass is 9.99. The number of ether oxygens (including phenoxy) is 2. The molecule has 1 aromatic heterocycles. The second-order valence-electron chi connectivity index (χ2n) is 7.73. The SMILES string of the molecule is COc1ccccc1NC(=O)COC(=O)C1CC(=O)N(c2ccc(C)cc2)C1c1cccs1. The van der Waals surface area contributed by atoms with E-state index >= 15 is 0 Å². The number of aryl methyl sites for hydroxylation is 1. The van der Waals surface area contributed by atoms with Gasteiger partial charge in [-0.05, 0) is 42.6 Å². The third-order valence-corrected chi connectivity index (χ3v) is 6.44. The van der Waals surface area contributed by atoms with Crippen LogP contribution in [0.2, 0.25) is 0 Å². The topological polar surface area (TPSA) is 84.9 Å². The van der Waals surface area contributed by atoms with Crippen LogP contribution in [-0.4, -0.2) is 31.5 Å². The first-order valence-electron chi connectivity index (χ1n) is 10.5.